The Kier molecular flexibility index (Phi) is 5.21. The Morgan fingerprint density at radius 1 is 1.17 bits per heavy atom. The number of nitrogens with one attached hydrogen (secondary N) is 1. The van der Waals surface area contributed by atoms with Crippen molar-refractivity contribution in [2.24, 2.45) is 0 Å². The van der Waals surface area contributed by atoms with E-state index in [0.717, 1.165) is 21.5 Å². The quantitative estimate of drug-likeness (QED) is 0.692. The number of anilines is 1. The van der Waals surface area contributed by atoms with Gasteiger partial charge in [0.1, 0.15) is 0 Å². The smallest absolute Gasteiger partial charge is 0.236 e. The van der Waals surface area contributed by atoms with E-state index in [0.29, 0.717) is 10.9 Å². The van der Waals surface area contributed by atoms with E-state index in [9.17, 15) is 4.79 Å². The van der Waals surface area contributed by atoms with Crippen molar-refractivity contribution in [1.29, 1.82) is 0 Å². The van der Waals surface area contributed by atoms with Crippen LogP contribution in [0.3, 0.4) is 0 Å². The minimum atomic E-state index is 0.00187. The maximum Gasteiger partial charge on any atom is 0.236 e. The van der Waals surface area contributed by atoms with Crippen LogP contribution in [-0.2, 0) is 10.5 Å². The molecule has 0 aliphatic heterocycles. The summed E-state index contributed by atoms with van der Waals surface area (Å²) in [4.78, 5) is 16.7. The lowest BCUT2D eigenvalue weighted by Gasteiger charge is -2.05. The number of rotatable bonds is 5. The van der Waals surface area contributed by atoms with Crippen molar-refractivity contribution >= 4 is 44.4 Å². The van der Waals surface area contributed by atoms with Crippen molar-refractivity contribution < 1.29 is 4.79 Å². The van der Waals surface area contributed by atoms with Gasteiger partial charge in [-0.25, -0.2) is 4.98 Å². The van der Waals surface area contributed by atoms with Crippen molar-refractivity contribution in [3.05, 3.63) is 58.7 Å². The summed E-state index contributed by atoms with van der Waals surface area (Å²) in [5.74, 6) is 1.28. The average Bonchev–Trinajstić information content (AvgIpc) is 2.91. The molecule has 0 spiro atoms. The fourth-order valence-electron chi connectivity index (χ4n) is 2.61. The van der Waals surface area contributed by atoms with Crippen LogP contribution in [0.1, 0.15) is 22.3 Å². The van der Waals surface area contributed by atoms with Gasteiger partial charge in [0.25, 0.3) is 0 Å². The summed E-state index contributed by atoms with van der Waals surface area (Å²) in [5.41, 5.74) is 5.89. The van der Waals surface area contributed by atoms with Gasteiger partial charge in [0.05, 0.1) is 16.0 Å². The third kappa shape index (κ3) is 3.97. The van der Waals surface area contributed by atoms with E-state index in [4.69, 9.17) is 0 Å². The number of hydrogen-bond acceptors (Lipinski definition) is 4. The number of benzene rings is 2. The standard InChI is InChI=1S/C19H20N2OS2/c1-12-8-14(3)18-16(9-12)24-19(21-18)20-17(22)11-23-10-15-7-5-4-6-13(15)2/h4-9H,10-11H2,1-3H3,(H,20,21,22). The average molecular weight is 357 g/mol. The molecular formula is C19H20N2OS2. The molecule has 3 rings (SSSR count). The molecule has 0 unspecified atom stereocenters. The van der Waals surface area contributed by atoms with Gasteiger partial charge >= 0.3 is 0 Å². The Bertz CT molecular complexity index is 886. The molecule has 124 valence electrons. The fourth-order valence-corrected chi connectivity index (χ4v) is 4.57. The van der Waals surface area contributed by atoms with Crippen molar-refractivity contribution in [2.75, 3.05) is 11.1 Å². The predicted molar refractivity (Wildman–Crippen MR) is 105 cm³/mol. The number of hydrogen-bond donors (Lipinski definition) is 1. The van der Waals surface area contributed by atoms with Crippen LogP contribution in [0.15, 0.2) is 36.4 Å². The molecular weight excluding hydrogens is 336 g/mol. The molecule has 1 heterocycles. The van der Waals surface area contributed by atoms with Crippen molar-refractivity contribution in [1.82, 2.24) is 4.98 Å². The van der Waals surface area contributed by atoms with Gasteiger partial charge in [-0.05, 0) is 49.1 Å². The second-order valence-corrected chi connectivity index (χ2v) is 7.93. The fraction of sp³-hybridized carbons (Fsp3) is 0.263. The first kappa shape index (κ1) is 17.0. The monoisotopic (exact) mass is 356 g/mol. The van der Waals surface area contributed by atoms with E-state index >= 15 is 0 Å². The highest BCUT2D eigenvalue weighted by atomic mass is 32.2. The van der Waals surface area contributed by atoms with Gasteiger partial charge in [0, 0.05) is 5.75 Å². The number of amides is 1. The molecule has 0 atom stereocenters. The SMILES string of the molecule is Cc1cc(C)c2nc(NC(=O)CSCc3ccccc3C)sc2c1. The Balaban J connectivity index is 1.59. The van der Waals surface area contributed by atoms with Gasteiger partial charge in [-0.1, -0.05) is 41.7 Å². The highest BCUT2D eigenvalue weighted by Crippen LogP contribution is 2.29. The second kappa shape index (κ2) is 7.36. The first-order valence-corrected chi connectivity index (χ1v) is 9.80. The van der Waals surface area contributed by atoms with E-state index in [1.165, 1.54) is 28.0 Å². The number of thiazole rings is 1. The summed E-state index contributed by atoms with van der Waals surface area (Å²) in [7, 11) is 0. The Morgan fingerprint density at radius 3 is 2.75 bits per heavy atom. The van der Waals surface area contributed by atoms with E-state index in [2.05, 4.69) is 55.3 Å². The number of thioether (sulfide) groups is 1. The first-order chi connectivity index (χ1) is 11.5. The molecule has 1 N–H and O–H groups in total. The van der Waals surface area contributed by atoms with E-state index < -0.39 is 0 Å². The molecule has 0 saturated heterocycles. The zero-order valence-corrected chi connectivity index (χ0v) is 15.7. The normalized spacial score (nSPS) is 11.0. The third-order valence-electron chi connectivity index (χ3n) is 3.83. The molecule has 3 aromatic rings. The van der Waals surface area contributed by atoms with Crippen LogP contribution in [0.4, 0.5) is 5.13 Å². The van der Waals surface area contributed by atoms with Crippen molar-refractivity contribution in [3.63, 3.8) is 0 Å². The minimum Gasteiger partial charge on any atom is -0.301 e. The largest absolute Gasteiger partial charge is 0.301 e. The molecule has 3 nitrogen and oxygen atoms in total. The summed E-state index contributed by atoms with van der Waals surface area (Å²) in [6.07, 6.45) is 0. The zero-order chi connectivity index (χ0) is 17.1. The summed E-state index contributed by atoms with van der Waals surface area (Å²) in [6, 6.07) is 12.5. The maximum atomic E-state index is 12.2. The zero-order valence-electron chi connectivity index (χ0n) is 14.1. The second-order valence-electron chi connectivity index (χ2n) is 5.92. The van der Waals surface area contributed by atoms with Crippen LogP contribution in [0, 0.1) is 20.8 Å². The van der Waals surface area contributed by atoms with Gasteiger partial charge in [0.15, 0.2) is 5.13 Å². The maximum absolute atomic E-state index is 12.2. The van der Waals surface area contributed by atoms with E-state index in [1.807, 2.05) is 12.1 Å². The number of carbonyl (C=O) groups excluding carboxylic acids is 1. The van der Waals surface area contributed by atoms with Crippen LogP contribution in [0.5, 0.6) is 0 Å². The van der Waals surface area contributed by atoms with E-state index in [-0.39, 0.29) is 5.91 Å². The molecule has 0 saturated carbocycles. The minimum absolute atomic E-state index is 0.00187. The Morgan fingerprint density at radius 2 is 1.96 bits per heavy atom. The number of aromatic nitrogens is 1. The molecule has 5 heteroatoms. The topological polar surface area (TPSA) is 42.0 Å². The molecule has 0 aliphatic carbocycles. The van der Waals surface area contributed by atoms with Gasteiger partial charge in [-0.3, -0.25) is 4.79 Å². The number of nitrogens with zero attached hydrogens (tertiary/aromatic N) is 1. The summed E-state index contributed by atoms with van der Waals surface area (Å²) in [6.45, 7) is 6.23. The Hall–Kier alpha value is -1.85. The number of fused-ring (bicyclic) bond motifs is 1. The first-order valence-electron chi connectivity index (χ1n) is 7.83. The molecule has 0 aliphatic rings. The molecule has 1 aromatic heterocycles. The van der Waals surface area contributed by atoms with Crippen LogP contribution < -0.4 is 5.32 Å². The van der Waals surface area contributed by atoms with Crippen molar-refractivity contribution in [2.45, 2.75) is 26.5 Å². The molecule has 0 bridgehead atoms. The Labute approximate surface area is 150 Å². The van der Waals surface area contributed by atoms with Crippen LogP contribution in [0.25, 0.3) is 10.2 Å². The lowest BCUT2D eigenvalue weighted by molar-refractivity contribution is -0.113. The summed E-state index contributed by atoms with van der Waals surface area (Å²) < 4.78 is 1.12. The van der Waals surface area contributed by atoms with Crippen LogP contribution >= 0.6 is 23.1 Å². The van der Waals surface area contributed by atoms with Crippen molar-refractivity contribution in [3.8, 4) is 0 Å². The summed E-state index contributed by atoms with van der Waals surface area (Å²) >= 11 is 3.16. The molecule has 0 radical (unpaired) electrons. The van der Waals surface area contributed by atoms with E-state index in [1.54, 1.807) is 11.8 Å². The highest BCUT2D eigenvalue weighted by molar-refractivity contribution is 7.99. The van der Waals surface area contributed by atoms with Gasteiger partial charge in [0.2, 0.25) is 5.91 Å². The lowest BCUT2D eigenvalue weighted by atomic mass is 10.1. The highest BCUT2D eigenvalue weighted by Gasteiger charge is 2.10. The molecule has 24 heavy (non-hydrogen) atoms. The molecule has 2 aromatic carbocycles. The van der Waals surface area contributed by atoms with Gasteiger partial charge < -0.3 is 5.32 Å². The lowest BCUT2D eigenvalue weighted by Crippen LogP contribution is -2.14. The number of carbonyl (C=O) groups is 1. The van der Waals surface area contributed by atoms with Gasteiger partial charge in [-0.15, -0.1) is 11.8 Å². The summed E-state index contributed by atoms with van der Waals surface area (Å²) in [5, 5.41) is 3.61. The number of aryl methyl sites for hydroxylation is 3. The van der Waals surface area contributed by atoms with Gasteiger partial charge in [-0.2, -0.15) is 0 Å². The molecule has 1 amide bonds. The van der Waals surface area contributed by atoms with Crippen LogP contribution in [-0.4, -0.2) is 16.6 Å². The predicted octanol–water partition coefficient (Wildman–Crippen LogP) is 5.09. The molecule has 0 fully saturated rings. The third-order valence-corrected chi connectivity index (χ3v) is 5.73. The van der Waals surface area contributed by atoms with Crippen LogP contribution in [0.2, 0.25) is 0 Å².